The van der Waals surface area contributed by atoms with Crippen molar-refractivity contribution < 1.29 is 28.7 Å². The summed E-state index contributed by atoms with van der Waals surface area (Å²) in [6.45, 7) is 9.22. The number of nitrogens with zero attached hydrogens (tertiary/aromatic N) is 4. The number of amides is 4. The normalized spacial score (nSPS) is 21.7. The van der Waals surface area contributed by atoms with Crippen molar-refractivity contribution in [2.24, 2.45) is 0 Å². The van der Waals surface area contributed by atoms with Crippen molar-refractivity contribution in [3.8, 4) is 0 Å². The molecule has 2 fully saturated rings. The molecule has 2 saturated heterocycles. The predicted molar refractivity (Wildman–Crippen MR) is 184 cm³/mol. The zero-order chi connectivity index (χ0) is 35.3. The second-order valence-corrected chi connectivity index (χ2v) is 13.7. The molecular weight excluding hydrogens is 632 g/mol. The second-order valence-electron chi connectivity index (χ2n) is 13.7. The Morgan fingerprint density at radius 3 is 0.980 bits per heavy atom. The Hall–Kier alpha value is -5.64. The number of carbonyl (C=O) groups excluding carboxylic acids is 4. The summed E-state index contributed by atoms with van der Waals surface area (Å²) in [5.74, 6) is -0.967. The lowest BCUT2D eigenvalue weighted by Crippen LogP contribution is -2.62. The van der Waals surface area contributed by atoms with E-state index in [1.54, 1.807) is 24.3 Å². The third-order valence-electron chi connectivity index (χ3n) is 11.5. The zero-order valence-electron chi connectivity index (χ0n) is 29.0. The number of rotatable bonds is 4. The number of ether oxygens (including phenoxy) is 2. The molecule has 0 unspecified atom stereocenters. The van der Waals surface area contributed by atoms with Gasteiger partial charge in [0, 0.05) is 11.1 Å². The summed E-state index contributed by atoms with van der Waals surface area (Å²) in [6.07, 6.45) is 0. The molecule has 8 rings (SSSR count). The average molecular weight is 671 g/mol. The van der Waals surface area contributed by atoms with E-state index in [1.165, 1.54) is 14.2 Å². The van der Waals surface area contributed by atoms with Gasteiger partial charge in [-0.05, 0) is 96.5 Å². The first-order valence-corrected chi connectivity index (χ1v) is 16.7. The molecule has 10 nitrogen and oxygen atoms in total. The van der Waals surface area contributed by atoms with Crippen molar-refractivity contribution >= 4 is 24.0 Å². The number of hydrogen-bond donors (Lipinski definition) is 0. The Kier molecular flexibility index (Phi) is 6.91. The molecule has 4 aromatic rings. The summed E-state index contributed by atoms with van der Waals surface area (Å²) in [4.78, 5) is 63.7. The largest absolute Gasteiger partial charge is 0.465 e. The molecule has 4 heterocycles. The lowest BCUT2D eigenvalue weighted by Gasteiger charge is -2.49. The van der Waals surface area contributed by atoms with Crippen LogP contribution in [0.25, 0.3) is 0 Å². The van der Waals surface area contributed by atoms with Crippen molar-refractivity contribution in [1.82, 2.24) is 19.6 Å². The molecule has 0 saturated carbocycles. The number of benzene rings is 4. The van der Waals surface area contributed by atoms with E-state index in [0.717, 1.165) is 44.5 Å². The van der Waals surface area contributed by atoms with Crippen LogP contribution in [-0.4, -0.2) is 57.8 Å². The van der Waals surface area contributed by atoms with Gasteiger partial charge in [-0.3, -0.25) is 19.6 Å². The van der Waals surface area contributed by atoms with Crippen LogP contribution in [0.2, 0.25) is 0 Å². The van der Waals surface area contributed by atoms with Crippen molar-refractivity contribution in [2.75, 3.05) is 14.2 Å². The van der Waals surface area contributed by atoms with Gasteiger partial charge in [0.25, 0.3) is 0 Å². The summed E-state index contributed by atoms with van der Waals surface area (Å²) < 4.78 is 10.1. The van der Waals surface area contributed by atoms with Gasteiger partial charge >= 0.3 is 24.0 Å². The first-order chi connectivity index (χ1) is 24.0. The van der Waals surface area contributed by atoms with E-state index in [1.807, 2.05) is 71.6 Å². The van der Waals surface area contributed by atoms with E-state index in [9.17, 15) is 9.59 Å². The molecule has 4 aliphatic heterocycles. The molecule has 254 valence electrons. The highest BCUT2D eigenvalue weighted by Gasteiger charge is 2.80. The molecular formula is C40H38N4O6. The number of carbonyl (C=O) groups is 4. The predicted octanol–water partition coefficient (Wildman–Crippen LogP) is 6.40. The highest BCUT2D eigenvalue weighted by Crippen LogP contribution is 2.65. The van der Waals surface area contributed by atoms with E-state index < -0.39 is 23.3 Å². The second kappa shape index (κ2) is 10.9. The maximum Gasteiger partial charge on any atom is 0.337 e. The maximum atomic E-state index is 15.5. The lowest BCUT2D eigenvalue weighted by molar-refractivity contribution is -0.0794. The summed E-state index contributed by atoms with van der Waals surface area (Å²) in [5.41, 5.74) is 7.47. The molecule has 50 heavy (non-hydrogen) atoms. The summed E-state index contributed by atoms with van der Waals surface area (Å²) in [6, 6.07) is 22.0. The fourth-order valence-electron chi connectivity index (χ4n) is 8.92. The maximum absolute atomic E-state index is 15.5. The molecule has 0 radical (unpaired) electrons. The standard InChI is InChI=1S/C40H38N4O6/c1-23-7-8-24(2)32-20-42-38(48)44-22-34-26(4)10-9-25(3)33(34)21-43-37(47)41(19-31(23)32)39(42,29-15-11-27(12-16-29)35(45)49-5)40(43,44)30-17-13-28(14-18-30)36(46)50-6/h7-18H,19-22H2,1-6H3. The Bertz CT molecular complexity index is 1910. The van der Waals surface area contributed by atoms with E-state index in [2.05, 4.69) is 24.3 Å². The minimum atomic E-state index is -1.40. The molecule has 4 aliphatic rings. The Morgan fingerprint density at radius 2 is 0.740 bits per heavy atom. The third-order valence-corrected chi connectivity index (χ3v) is 11.5. The van der Waals surface area contributed by atoms with Gasteiger partial charge in [-0.15, -0.1) is 0 Å². The quantitative estimate of drug-likeness (QED) is 0.233. The minimum absolute atomic E-state index is 0.218. The van der Waals surface area contributed by atoms with Gasteiger partial charge in [-0.2, -0.15) is 0 Å². The molecule has 0 aliphatic carbocycles. The average Bonchev–Trinajstić information content (AvgIpc) is 3.29. The Morgan fingerprint density at radius 1 is 0.480 bits per heavy atom. The van der Waals surface area contributed by atoms with Crippen LogP contribution < -0.4 is 0 Å². The van der Waals surface area contributed by atoms with Crippen LogP contribution in [0.4, 0.5) is 9.59 Å². The topological polar surface area (TPSA) is 99.7 Å². The third kappa shape index (κ3) is 3.84. The van der Waals surface area contributed by atoms with E-state index in [-0.39, 0.29) is 38.2 Å². The molecule has 10 heteroatoms. The van der Waals surface area contributed by atoms with Crippen LogP contribution in [0.15, 0.2) is 72.8 Å². The number of methoxy groups -OCH3 is 2. The summed E-state index contributed by atoms with van der Waals surface area (Å²) in [7, 11) is 2.67. The van der Waals surface area contributed by atoms with Crippen LogP contribution in [0, 0.1) is 27.7 Å². The molecule has 0 N–H and O–H groups in total. The number of urea groups is 2. The molecule has 0 atom stereocenters. The number of fused-ring (bicyclic) bond motifs is 2. The molecule has 0 bridgehead atoms. The van der Waals surface area contributed by atoms with Gasteiger partial charge in [-0.25, -0.2) is 19.2 Å². The lowest BCUT2D eigenvalue weighted by atomic mass is 9.79. The Labute approximate surface area is 290 Å². The molecule has 4 aromatic carbocycles. The Balaban J connectivity index is 1.50. The van der Waals surface area contributed by atoms with Crippen LogP contribution in [-0.2, 0) is 47.0 Å². The SMILES string of the molecule is COC(=O)c1ccc(C23N4Cc5c(C)ccc(C)c5CN2C(=O)N2Cc5c(C)ccc(C)c5CN(C4=O)C23c2ccc(C(=O)OC)cc2)cc1. The zero-order valence-corrected chi connectivity index (χ0v) is 29.0. The van der Waals surface area contributed by atoms with Crippen molar-refractivity contribution in [3.63, 3.8) is 0 Å². The van der Waals surface area contributed by atoms with E-state index >= 15 is 9.59 Å². The van der Waals surface area contributed by atoms with Crippen LogP contribution in [0.1, 0.15) is 76.4 Å². The van der Waals surface area contributed by atoms with Crippen LogP contribution >= 0.6 is 0 Å². The first kappa shape index (κ1) is 31.6. The summed E-state index contributed by atoms with van der Waals surface area (Å²) >= 11 is 0. The van der Waals surface area contributed by atoms with Gasteiger partial charge in [0.15, 0.2) is 11.3 Å². The minimum Gasteiger partial charge on any atom is -0.465 e. The van der Waals surface area contributed by atoms with E-state index in [4.69, 9.17) is 9.47 Å². The fraction of sp³-hybridized carbons (Fsp3) is 0.300. The van der Waals surface area contributed by atoms with Crippen LogP contribution in [0.5, 0.6) is 0 Å². The van der Waals surface area contributed by atoms with Gasteiger partial charge in [0.1, 0.15) is 0 Å². The smallest absolute Gasteiger partial charge is 0.337 e. The van der Waals surface area contributed by atoms with Crippen molar-refractivity contribution in [1.29, 1.82) is 0 Å². The molecule has 0 aromatic heterocycles. The van der Waals surface area contributed by atoms with Gasteiger partial charge in [0.2, 0.25) is 0 Å². The van der Waals surface area contributed by atoms with Gasteiger partial charge < -0.3 is 9.47 Å². The number of esters is 2. The molecule has 0 spiro atoms. The fourth-order valence-corrected chi connectivity index (χ4v) is 8.92. The first-order valence-electron chi connectivity index (χ1n) is 16.7. The van der Waals surface area contributed by atoms with E-state index in [0.29, 0.717) is 22.3 Å². The van der Waals surface area contributed by atoms with Gasteiger partial charge in [-0.1, -0.05) is 48.5 Å². The van der Waals surface area contributed by atoms with Crippen molar-refractivity contribution in [3.05, 3.63) is 140 Å². The highest BCUT2D eigenvalue weighted by atomic mass is 16.5. The van der Waals surface area contributed by atoms with Crippen LogP contribution in [0.3, 0.4) is 0 Å². The summed E-state index contributed by atoms with van der Waals surface area (Å²) in [5, 5.41) is 0. The monoisotopic (exact) mass is 670 g/mol. The van der Waals surface area contributed by atoms with Gasteiger partial charge in [0.05, 0.1) is 51.5 Å². The highest BCUT2D eigenvalue weighted by molar-refractivity contribution is 5.93. The number of hydrogen-bond acceptors (Lipinski definition) is 6. The molecule has 4 amide bonds. The van der Waals surface area contributed by atoms with Crippen molar-refractivity contribution in [2.45, 2.75) is 65.2 Å². The number of aryl methyl sites for hydroxylation is 4.